The molecule has 0 aromatic heterocycles. The molecule has 32 heteroatoms. The zero-order valence-electron chi connectivity index (χ0n) is 54.5. The van der Waals surface area contributed by atoms with E-state index in [0.717, 1.165) is 0 Å². The van der Waals surface area contributed by atoms with E-state index in [0.29, 0.717) is 55.4 Å². The Morgan fingerprint density at radius 1 is 0.537 bits per heavy atom. The maximum absolute atomic E-state index is 14.7. The molecule has 0 bridgehead atoms. The van der Waals surface area contributed by atoms with Crippen LogP contribution in [0, 0.1) is 5.92 Å². The first-order valence-electron chi connectivity index (χ1n) is 32.2. The van der Waals surface area contributed by atoms with Crippen molar-refractivity contribution in [3.8, 4) is 0 Å². The van der Waals surface area contributed by atoms with Crippen LogP contribution < -0.4 is 82.7 Å². The molecule has 0 saturated carbocycles. The number of guanidine groups is 1. The molecule has 10 atom stereocenters. The van der Waals surface area contributed by atoms with Crippen molar-refractivity contribution in [3.63, 3.8) is 0 Å². The van der Waals surface area contributed by atoms with Crippen molar-refractivity contribution < 1.29 is 62.3 Å². The summed E-state index contributed by atoms with van der Waals surface area (Å²) in [6.07, 6.45) is 3.12. The second-order valence-corrected chi connectivity index (χ2v) is 25.1. The minimum Gasteiger partial charge on any atom is -0.370 e. The van der Waals surface area contributed by atoms with E-state index in [-0.39, 0.29) is 83.0 Å². The Hall–Kier alpha value is -8.91. The molecule has 0 spiro atoms. The van der Waals surface area contributed by atoms with Gasteiger partial charge in [0.2, 0.25) is 76.8 Å². The van der Waals surface area contributed by atoms with Crippen molar-refractivity contribution in [2.24, 2.45) is 51.0 Å². The summed E-state index contributed by atoms with van der Waals surface area (Å²) in [5, 5.41) is 21.1. The molecule has 2 aliphatic rings. The Labute approximate surface area is 558 Å². The van der Waals surface area contributed by atoms with Gasteiger partial charge in [-0.2, -0.15) is 11.8 Å². The summed E-state index contributed by atoms with van der Waals surface area (Å²) >= 11 is 1.45. The van der Waals surface area contributed by atoms with Gasteiger partial charge in [0.05, 0.1) is 12.6 Å². The van der Waals surface area contributed by atoms with Gasteiger partial charge in [-0.05, 0) is 119 Å². The first-order chi connectivity index (χ1) is 45.2. The molecule has 0 aliphatic carbocycles. The van der Waals surface area contributed by atoms with Crippen molar-refractivity contribution in [1.82, 2.24) is 52.3 Å². The average molecular weight is 1350 g/mol. The summed E-state index contributed by atoms with van der Waals surface area (Å²) in [7, 11) is 0. The van der Waals surface area contributed by atoms with Crippen LogP contribution in [0.4, 0.5) is 0 Å². The van der Waals surface area contributed by atoms with Crippen molar-refractivity contribution in [3.05, 3.63) is 71.8 Å². The number of nitrogens with two attached hydrogens (primary N) is 7. The van der Waals surface area contributed by atoms with Gasteiger partial charge in [-0.1, -0.05) is 74.5 Å². The summed E-state index contributed by atoms with van der Waals surface area (Å²) in [5.74, 6) is -9.80. The molecule has 95 heavy (non-hydrogen) atoms. The van der Waals surface area contributed by atoms with Gasteiger partial charge >= 0.3 is 0 Å². The summed E-state index contributed by atoms with van der Waals surface area (Å²) in [6.45, 7) is 3.86. The Balaban J connectivity index is 1.56. The molecule has 2 saturated heterocycles. The fourth-order valence-electron chi connectivity index (χ4n) is 11.0. The lowest BCUT2D eigenvalue weighted by Crippen LogP contribution is -2.60. The second-order valence-electron chi connectivity index (χ2n) is 24.1. The van der Waals surface area contributed by atoms with Crippen molar-refractivity contribution in [1.29, 1.82) is 0 Å². The minimum absolute atomic E-state index is 0.0736. The van der Waals surface area contributed by atoms with E-state index < -0.39 is 169 Å². The van der Waals surface area contributed by atoms with E-state index in [2.05, 4.69) is 47.5 Å². The highest BCUT2D eigenvalue weighted by Crippen LogP contribution is 2.24. The first-order valence-corrected chi connectivity index (χ1v) is 33.6. The van der Waals surface area contributed by atoms with Gasteiger partial charge in [-0.25, -0.2) is 0 Å². The summed E-state index contributed by atoms with van der Waals surface area (Å²) in [5.41, 5.74) is 40.6. The highest BCUT2D eigenvalue weighted by molar-refractivity contribution is 7.98. The predicted octanol–water partition coefficient (Wildman–Crippen LogP) is -3.71. The average Bonchev–Trinajstić information content (AvgIpc) is 1.74. The number of carbonyl (C=O) groups excluding carboxylic acids is 13. The topological polar surface area (TPSA) is 519 Å². The normalized spacial score (nSPS) is 16.8. The molecular formula is C63H98N18O13S. The third-order valence-corrected chi connectivity index (χ3v) is 16.7. The van der Waals surface area contributed by atoms with E-state index in [4.69, 9.17) is 40.1 Å². The zero-order chi connectivity index (χ0) is 70.1. The fraction of sp³-hybridized carbons (Fsp3) is 0.587. The number of primary amides is 3. The van der Waals surface area contributed by atoms with Gasteiger partial charge in [0, 0.05) is 45.3 Å². The number of thioether (sulfide) groups is 1. The van der Waals surface area contributed by atoms with Crippen molar-refractivity contribution in [2.75, 3.05) is 44.7 Å². The fourth-order valence-corrected chi connectivity index (χ4v) is 11.5. The van der Waals surface area contributed by atoms with Crippen LogP contribution in [0.1, 0.15) is 121 Å². The molecule has 4 rings (SSSR count). The number of carbonyl (C=O) groups is 13. The van der Waals surface area contributed by atoms with Gasteiger partial charge in [0.15, 0.2) is 5.96 Å². The molecule has 524 valence electrons. The highest BCUT2D eigenvalue weighted by Gasteiger charge is 2.42. The van der Waals surface area contributed by atoms with Crippen LogP contribution >= 0.6 is 11.8 Å². The number of hydrogen-bond acceptors (Lipinski definition) is 17. The third kappa shape index (κ3) is 27.5. The first kappa shape index (κ1) is 78.5. The number of unbranched alkanes of at least 4 members (excludes halogenated alkanes) is 1. The Morgan fingerprint density at radius 3 is 1.51 bits per heavy atom. The zero-order valence-corrected chi connectivity index (χ0v) is 55.3. The standard InChI is InChI=1S/C63H98N18O13S/c1-37(2)33-45(57(89)74-41(53(68)85)27-32-95-3)73-52(84)36-72-54(86)46(34-38-15-6-4-7-16-38)78-58(90)47(35-39-17-8-5-9-18-39)79-56(88)42(23-25-50(66)82)75-55(87)43(24-26-51(67)83)76-59(91)49-22-14-31-81(49)62(94)44(20-10-11-28-64)77-60(92)48-21-13-30-80(48)61(93)40(65)19-12-29-71-63(69)70/h4-9,15-18,37,40-49H,10-14,19-36,64-65H2,1-3H3,(H2,66,82)(H2,67,83)(H2,68,85)(H,72,86)(H,73,84)(H,74,89)(H,75,87)(H,76,91)(H,77,92)(H,78,90)(H,79,88)(H4,69,70,71)/t40-,41+,42-,43+,44+,45+,46-,47-,48+,49+/m1/s1. The summed E-state index contributed by atoms with van der Waals surface area (Å²) in [6, 6.07) is 4.51. The molecule has 2 aromatic rings. The van der Waals surface area contributed by atoms with Crippen LogP contribution in [-0.2, 0) is 75.2 Å². The number of nitrogens with zero attached hydrogens (tertiary/aromatic N) is 3. The molecule has 13 amide bonds. The number of amides is 13. The lowest BCUT2D eigenvalue weighted by Gasteiger charge is -2.32. The molecule has 2 aliphatic heterocycles. The van der Waals surface area contributed by atoms with Crippen molar-refractivity contribution in [2.45, 2.75) is 183 Å². The number of hydrogen-bond donors (Lipinski definition) is 15. The Bertz CT molecular complexity index is 2960. The van der Waals surface area contributed by atoms with Crippen LogP contribution in [-0.4, -0.2) is 198 Å². The number of rotatable bonds is 42. The molecular weight excluding hydrogens is 1250 g/mol. The molecule has 31 nitrogen and oxygen atoms in total. The SMILES string of the molecule is CSCC[C@H](NC(=O)[C@H](CC(C)C)NC(=O)CNC(=O)[C@@H](Cc1ccccc1)NC(=O)[C@@H](Cc1ccccc1)NC(=O)[C@@H](CCC(N)=O)NC(=O)[C@H](CCC(N)=O)NC(=O)[C@@H]1CCCN1C(=O)[C@H](CCCCN)NC(=O)[C@@H]1CCCN1C(=O)[C@H](N)CCCN=C(N)N)C(N)=O. The second kappa shape index (κ2) is 41.0. The smallest absolute Gasteiger partial charge is 0.245 e. The number of nitrogens with one attached hydrogen (secondary N) is 8. The largest absolute Gasteiger partial charge is 0.370 e. The summed E-state index contributed by atoms with van der Waals surface area (Å²) in [4.78, 5) is 185. The van der Waals surface area contributed by atoms with E-state index in [9.17, 15) is 62.3 Å². The molecule has 2 aromatic carbocycles. The van der Waals surface area contributed by atoms with Gasteiger partial charge in [0.1, 0.15) is 54.4 Å². The van der Waals surface area contributed by atoms with Crippen LogP contribution in [0.25, 0.3) is 0 Å². The number of likely N-dealkylation sites (tertiary alicyclic amines) is 2. The molecule has 2 fully saturated rings. The van der Waals surface area contributed by atoms with E-state index in [1.165, 1.54) is 21.6 Å². The molecule has 0 unspecified atom stereocenters. The lowest BCUT2D eigenvalue weighted by molar-refractivity contribution is -0.144. The Kier molecular flexibility index (Phi) is 33.9. The van der Waals surface area contributed by atoms with Crippen LogP contribution in [0.2, 0.25) is 0 Å². The van der Waals surface area contributed by atoms with E-state index in [1.54, 1.807) is 60.7 Å². The van der Waals surface area contributed by atoms with Crippen LogP contribution in [0.15, 0.2) is 65.7 Å². The lowest BCUT2D eigenvalue weighted by atomic mass is 10.0. The van der Waals surface area contributed by atoms with Gasteiger partial charge in [0.25, 0.3) is 0 Å². The van der Waals surface area contributed by atoms with Crippen molar-refractivity contribution >= 4 is 94.5 Å². The van der Waals surface area contributed by atoms with Gasteiger partial charge < -0.3 is 92.5 Å². The van der Waals surface area contributed by atoms with E-state index in [1.807, 2.05) is 20.1 Å². The van der Waals surface area contributed by atoms with Crippen LogP contribution in [0.5, 0.6) is 0 Å². The molecule has 0 radical (unpaired) electrons. The highest BCUT2D eigenvalue weighted by atomic mass is 32.2. The minimum atomic E-state index is -1.64. The van der Waals surface area contributed by atoms with Gasteiger partial charge in [-0.3, -0.25) is 67.3 Å². The maximum atomic E-state index is 14.7. The van der Waals surface area contributed by atoms with Crippen LogP contribution in [0.3, 0.4) is 0 Å². The third-order valence-electron chi connectivity index (χ3n) is 16.0. The molecule has 22 N–H and O–H groups in total. The number of aliphatic imine (C=N–C) groups is 1. The Morgan fingerprint density at radius 2 is 1.01 bits per heavy atom. The van der Waals surface area contributed by atoms with E-state index >= 15 is 0 Å². The quantitative estimate of drug-likeness (QED) is 0.0173. The predicted molar refractivity (Wildman–Crippen MR) is 356 cm³/mol. The number of benzene rings is 2. The molecule has 2 heterocycles. The summed E-state index contributed by atoms with van der Waals surface area (Å²) < 4.78 is 0. The van der Waals surface area contributed by atoms with Gasteiger partial charge in [-0.15, -0.1) is 0 Å². The monoisotopic (exact) mass is 1350 g/mol. The maximum Gasteiger partial charge on any atom is 0.245 e.